The number of nitro benzene ring substituents is 1. The van der Waals surface area contributed by atoms with Gasteiger partial charge in [-0.05, 0) is 31.5 Å². The maximum Gasteiger partial charge on any atom is 0.573 e. The zero-order valence-corrected chi connectivity index (χ0v) is 17.2. The smallest absolute Gasteiger partial charge is 0.406 e. The minimum absolute atomic E-state index is 0.00905. The van der Waals surface area contributed by atoms with Gasteiger partial charge in [0.2, 0.25) is 5.95 Å². The van der Waals surface area contributed by atoms with Gasteiger partial charge in [0, 0.05) is 36.3 Å². The monoisotopic (exact) mass is 447 g/mol. The summed E-state index contributed by atoms with van der Waals surface area (Å²) in [6, 6.07) is 13.2. The summed E-state index contributed by atoms with van der Waals surface area (Å²) in [7, 11) is 0. The van der Waals surface area contributed by atoms with Gasteiger partial charge in [-0.3, -0.25) is 10.1 Å². The van der Waals surface area contributed by atoms with Crippen LogP contribution < -0.4 is 15.4 Å². The quantitative estimate of drug-likeness (QED) is 0.353. The molecule has 1 heterocycles. The number of aromatic nitrogens is 2. The van der Waals surface area contributed by atoms with E-state index in [0.29, 0.717) is 22.6 Å². The Labute approximate surface area is 181 Å². The first kappa shape index (κ1) is 22.8. The topological polar surface area (TPSA) is 102 Å². The molecule has 0 radical (unpaired) electrons. The molecule has 0 aliphatic heterocycles. The summed E-state index contributed by atoms with van der Waals surface area (Å²) in [5.41, 5.74) is 1.41. The van der Waals surface area contributed by atoms with Gasteiger partial charge in [0.25, 0.3) is 5.69 Å². The molecule has 0 saturated carbocycles. The fourth-order valence-corrected chi connectivity index (χ4v) is 2.83. The van der Waals surface area contributed by atoms with Crippen molar-refractivity contribution in [3.63, 3.8) is 0 Å². The van der Waals surface area contributed by atoms with Gasteiger partial charge in [0.1, 0.15) is 11.6 Å². The lowest BCUT2D eigenvalue weighted by atomic mass is 10.1. The number of rotatable bonds is 8. The molecular formula is C21H20F3N5O3. The van der Waals surface area contributed by atoms with Crippen molar-refractivity contribution in [2.75, 3.05) is 10.6 Å². The normalized spacial score (nSPS) is 11.3. The Morgan fingerprint density at radius 1 is 1.09 bits per heavy atom. The van der Waals surface area contributed by atoms with Crippen LogP contribution in [0.3, 0.4) is 0 Å². The molecule has 8 nitrogen and oxygen atoms in total. The number of hydrogen-bond acceptors (Lipinski definition) is 7. The van der Waals surface area contributed by atoms with Gasteiger partial charge in [-0.25, -0.2) is 4.98 Å². The zero-order valence-electron chi connectivity index (χ0n) is 17.2. The third-order valence-corrected chi connectivity index (χ3v) is 4.10. The Kier molecular flexibility index (Phi) is 6.76. The molecule has 3 aromatic rings. The number of benzene rings is 2. The third kappa shape index (κ3) is 6.56. The van der Waals surface area contributed by atoms with Gasteiger partial charge in [-0.15, -0.1) is 13.2 Å². The van der Waals surface area contributed by atoms with Crippen molar-refractivity contribution >= 4 is 17.5 Å². The van der Waals surface area contributed by atoms with Crippen LogP contribution in [-0.2, 0) is 6.54 Å². The molecule has 0 amide bonds. The van der Waals surface area contributed by atoms with E-state index in [1.54, 1.807) is 24.3 Å². The summed E-state index contributed by atoms with van der Waals surface area (Å²) in [6.45, 7) is 4.03. The molecule has 0 spiro atoms. The Hall–Kier alpha value is -3.89. The van der Waals surface area contributed by atoms with Crippen LogP contribution in [0.5, 0.6) is 5.75 Å². The van der Waals surface area contributed by atoms with Crippen molar-refractivity contribution in [1.29, 1.82) is 0 Å². The van der Waals surface area contributed by atoms with E-state index in [2.05, 4.69) is 25.3 Å². The first-order valence-corrected chi connectivity index (χ1v) is 9.58. The lowest BCUT2D eigenvalue weighted by Crippen LogP contribution is -2.17. The number of nitrogens with one attached hydrogen (secondary N) is 2. The molecular weight excluding hydrogens is 427 g/mol. The Morgan fingerprint density at radius 2 is 1.84 bits per heavy atom. The standard InChI is InChI=1S/C21H20F3N5O3/c1-13(2)26-20-27-18(15-6-4-8-17(10-15)32-21(22,23)24)11-19(28-20)25-12-14-5-3-7-16(9-14)29(30)31/h3-11,13H,12H2,1-2H3,(H2,25,26,27,28). The highest BCUT2D eigenvalue weighted by molar-refractivity contribution is 5.66. The van der Waals surface area contributed by atoms with E-state index in [0.717, 1.165) is 0 Å². The van der Waals surface area contributed by atoms with Crippen LogP contribution in [0.25, 0.3) is 11.3 Å². The number of nitrogens with zero attached hydrogens (tertiary/aromatic N) is 3. The van der Waals surface area contributed by atoms with Crippen molar-refractivity contribution < 1.29 is 22.8 Å². The van der Waals surface area contributed by atoms with E-state index in [4.69, 9.17) is 0 Å². The lowest BCUT2D eigenvalue weighted by molar-refractivity contribution is -0.384. The van der Waals surface area contributed by atoms with E-state index in [1.165, 1.54) is 30.3 Å². The van der Waals surface area contributed by atoms with Crippen molar-refractivity contribution in [2.24, 2.45) is 0 Å². The predicted molar refractivity (Wildman–Crippen MR) is 113 cm³/mol. The third-order valence-electron chi connectivity index (χ3n) is 4.10. The van der Waals surface area contributed by atoms with E-state index in [1.807, 2.05) is 13.8 Å². The fourth-order valence-electron chi connectivity index (χ4n) is 2.83. The molecule has 32 heavy (non-hydrogen) atoms. The Bertz CT molecular complexity index is 1110. The maximum absolute atomic E-state index is 12.6. The van der Waals surface area contributed by atoms with E-state index < -0.39 is 11.3 Å². The molecule has 0 aliphatic rings. The van der Waals surface area contributed by atoms with Gasteiger partial charge in [0.05, 0.1) is 10.6 Å². The summed E-state index contributed by atoms with van der Waals surface area (Å²) in [5, 5.41) is 17.1. The van der Waals surface area contributed by atoms with Crippen molar-refractivity contribution in [3.8, 4) is 17.0 Å². The van der Waals surface area contributed by atoms with Crippen LogP contribution in [-0.4, -0.2) is 27.3 Å². The largest absolute Gasteiger partial charge is 0.573 e. The summed E-state index contributed by atoms with van der Waals surface area (Å²) in [4.78, 5) is 19.2. The summed E-state index contributed by atoms with van der Waals surface area (Å²) in [5.74, 6) is 0.311. The van der Waals surface area contributed by atoms with Crippen LogP contribution in [0.1, 0.15) is 19.4 Å². The molecule has 0 atom stereocenters. The minimum atomic E-state index is -4.81. The molecule has 2 N–H and O–H groups in total. The summed E-state index contributed by atoms with van der Waals surface area (Å²) >= 11 is 0. The number of anilines is 2. The van der Waals surface area contributed by atoms with E-state index in [9.17, 15) is 23.3 Å². The summed E-state index contributed by atoms with van der Waals surface area (Å²) in [6.07, 6.45) is -4.81. The average molecular weight is 447 g/mol. The van der Waals surface area contributed by atoms with E-state index in [-0.39, 0.29) is 30.0 Å². The highest BCUT2D eigenvalue weighted by Crippen LogP contribution is 2.29. The molecule has 0 fully saturated rings. The molecule has 1 aromatic heterocycles. The molecule has 0 unspecified atom stereocenters. The second-order valence-electron chi connectivity index (χ2n) is 7.12. The number of hydrogen-bond donors (Lipinski definition) is 2. The number of nitro groups is 1. The van der Waals surface area contributed by atoms with Crippen LogP contribution in [0.15, 0.2) is 54.6 Å². The van der Waals surface area contributed by atoms with Crippen molar-refractivity contribution in [2.45, 2.75) is 32.8 Å². The molecule has 0 saturated heterocycles. The van der Waals surface area contributed by atoms with Gasteiger partial charge >= 0.3 is 6.36 Å². The second-order valence-corrected chi connectivity index (χ2v) is 7.12. The molecule has 0 bridgehead atoms. The van der Waals surface area contributed by atoms with Crippen LogP contribution >= 0.6 is 0 Å². The first-order valence-electron chi connectivity index (χ1n) is 9.58. The van der Waals surface area contributed by atoms with Gasteiger partial charge in [-0.2, -0.15) is 4.98 Å². The average Bonchev–Trinajstić information content (AvgIpc) is 2.71. The van der Waals surface area contributed by atoms with Crippen LogP contribution in [0.2, 0.25) is 0 Å². The van der Waals surface area contributed by atoms with Crippen molar-refractivity contribution in [1.82, 2.24) is 9.97 Å². The van der Waals surface area contributed by atoms with Gasteiger partial charge < -0.3 is 15.4 Å². The fraction of sp³-hybridized carbons (Fsp3) is 0.238. The number of alkyl halides is 3. The van der Waals surface area contributed by atoms with Gasteiger partial charge in [0.15, 0.2) is 0 Å². The molecule has 0 aliphatic carbocycles. The molecule has 11 heteroatoms. The second kappa shape index (κ2) is 9.50. The van der Waals surface area contributed by atoms with Gasteiger partial charge in [-0.1, -0.05) is 24.3 Å². The number of ether oxygens (including phenoxy) is 1. The highest BCUT2D eigenvalue weighted by Gasteiger charge is 2.31. The molecule has 3 rings (SSSR count). The van der Waals surface area contributed by atoms with Crippen LogP contribution in [0, 0.1) is 10.1 Å². The Morgan fingerprint density at radius 3 is 2.53 bits per heavy atom. The minimum Gasteiger partial charge on any atom is -0.406 e. The number of non-ortho nitro benzene ring substituents is 1. The maximum atomic E-state index is 12.6. The first-order chi connectivity index (χ1) is 15.1. The highest BCUT2D eigenvalue weighted by atomic mass is 19.4. The molecule has 168 valence electrons. The number of halogens is 3. The Balaban J connectivity index is 1.89. The van der Waals surface area contributed by atoms with Crippen LogP contribution in [0.4, 0.5) is 30.6 Å². The zero-order chi connectivity index (χ0) is 23.3. The SMILES string of the molecule is CC(C)Nc1nc(NCc2cccc([N+](=O)[O-])c2)cc(-c2cccc(OC(F)(F)F)c2)n1. The predicted octanol–water partition coefficient (Wildman–Crippen LogP) is 5.38. The summed E-state index contributed by atoms with van der Waals surface area (Å²) < 4.78 is 41.7. The molecule has 2 aromatic carbocycles. The van der Waals surface area contributed by atoms with E-state index >= 15 is 0 Å². The lowest BCUT2D eigenvalue weighted by Gasteiger charge is -2.14. The van der Waals surface area contributed by atoms with Crippen molar-refractivity contribution in [3.05, 3.63) is 70.3 Å².